The van der Waals surface area contributed by atoms with E-state index >= 15 is 0 Å². The minimum Gasteiger partial charge on any atom is -0.510 e. The summed E-state index contributed by atoms with van der Waals surface area (Å²) < 4.78 is 12.4. The van der Waals surface area contributed by atoms with Gasteiger partial charge in [-0.25, -0.2) is 9.78 Å². The lowest BCUT2D eigenvalue weighted by Crippen LogP contribution is -2.10. The fourth-order valence-electron chi connectivity index (χ4n) is 3.91. The van der Waals surface area contributed by atoms with Gasteiger partial charge >= 0.3 is 5.97 Å². The standard InChI is InChI=1S/C27H23N5O4S/c1-35-22-15-9-6-12-18(22)25-30-31-27(32(25)17-10-4-3-5-11-17)37-16-21(33)23(26(34)36-2)24-28-19-13-7-8-14-20(19)29-24/h3-15,33H,16H2,1-2H3,(H,28,29)/b23-21+. The van der Waals surface area contributed by atoms with Crippen LogP contribution in [0.15, 0.2) is 89.8 Å². The molecular formula is C27H23N5O4S. The lowest BCUT2D eigenvalue weighted by atomic mass is 10.2. The highest BCUT2D eigenvalue weighted by Crippen LogP contribution is 2.34. The third-order valence-corrected chi connectivity index (χ3v) is 6.58. The number of rotatable bonds is 8. The van der Waals surface area contributed by atoms with Crippen molar-refractivity contribution in [2.75, 3.05) is 20.0 Å². The number of ether oxygens (including phenoxy) is 2. The van der Waals surface area contributed by atoms with Gasteiger partial charge in [0, 0.05) is 5.69 Å². The van der Waals surface area contributed by atoms with Gasteiger partial charge in [0.15, 0.2) is 11.0 Å². The number of nitrogens with zero attached hydrogens (tertiary/aromatic N) is 4. The second kappa shape index (κ2) is 10.6. The molecule has 2 aromatic heterocycles. The third kappa shape index (κ3) is 4.78. The number of thioether (sulfide) groups is 1. The van der Waals surface area contributed by atoms with E-state index in [1.807, 2.05) is 83.4 Å². The molecule has 0 aliphatic rings. The Morgan fingerprint density at radius 3 is 2.46 bits per heavy atom. The highest BCUT2D eigenvalue weighted by Gasteiger charge is 2.24. The topological polar surface area (TPSA) is 115 Å². The number of fused-ring (bicyclic) bond motifs is 1. The summed E-state index contributed by atoms with van der Waals surface area (Å²) in [6.07, 6.45) is 0. The van der Waals surface area contributed by atoms with Crippen LogP contribution in [-0.4, -0.2) is 55.8 Å². The largest absolute Gasteiger partial charge is 0.510 e. The van der Waals surface area contributed by atoms with Crippen molar-refractivity contribution in [2.24, 2.45) is 0 Å². The fraction of sp³-hybridized carbons (Fsp3) is 0.111. The fourth-order valence-corrected chi connectivity index (χ4v) is 4.74. The van der Waals surface area contributed by atoms with E-state index in [9.17, 15) is 9.90 Å². The van der Waals surface area contributed by atoms with E-state index in [0.29, 0.717) is 22.2 Å². The predicted octanol–water partition coefficient (Wildman–Crippen LogP) is 5.05. The summed E-state index contributed by atoms with van der Waals surface area (Å²) in [5.41, 5.74) is 2.98. The first-order valence-electron chi connectivity index (χ1n) is 11.3. The molecule has 0 aliphatic carbocycles. The van der Waals surface area contributed by atoms with E-state index in [-0.39, 0.29) is 22.9 Å². The van der Waals surface area contributed by atoms with Crippen molar-refractivity contribution in [3.05, 3.63) is 90.4 Å². The number of esters is 1. The van der Waals surface area contributed by atoms with Gasteiger partial charge in [-0.15, -0.1) is 10.2 Å². The van der Waals surface area contributed by atoms with E-state index < -0.39 is 5.97 Å². The molecule has 2 heterocycles. The number of imidazole rings is 1. The lowest BCUT2D eigenvalue weighted by Gasteiger charge is -2.12. The Hall–Kier alpha value is -4.57. The van der Waals surface area contributed by atoms with Crippen molar-refractivity contribution < 1.29 is 19.4 Å². The summed E-state index contributed by atoms with van der Waals surface area (Å²) in [4.78, 5) is 20.2. The number of para-hydroxylation sites is 4. The quantitative estimate of drug-likeness (QED) is 0.128. The van der Waals surface area contributed by atoms with Crippen LogP contribution in [0.3, 0.4) is 0 Å². The molecule has 0 atom stereocenters. The Balaban J connectivity index is 1.54. The molecule has 37 heavy (non-hydrogen) atoms. The lowest BCUT2D eigenvalue weighted by molar-refractivity contribution is -0.133. The smallest absolute Gasteiger partial charge is 0.345 e. The van der Waals surface area contributed by atoms with Crippen LogP contribution in [0.25, 0.3) is 33.7 Å². The number of hydrogen-bond donors (Lipinski definition) is 2. The van der Waals surface area contributed by atoms with Crippen molar-refractivity contribution in [3.8, 4) is 22.8 Å². The molecule has 186 valence electrons. The van der Waals surface area contributed by atoms with Crippen LogP contribution in [0.4, 0.5) is 0 Å². The van der Waals surface area contributed by atoms with Crippen LogP contribution in [-0.2, 0) is 9.53 Å². The number of benzene rings is 3. The molecule has 3 aromatic carbocycles. The van der Waals surface area contributed by atoms with Gasteiger partial charge in [-0.2, -0.15) is 0 Å². The molecule has 5 aromatic rings. The van der Waals surface area contributed by atoms with Gasteiger partial charge in [-0.1, -0.05) is 54.2 Å². The number of aliphatic hydroxyl groups is 1. The number of carbonyl (C=O) groups is 1. The number of aliphatic hydroxyl groups excluding tert-OH is 1. The zero-order chi connectivity index (χ0) is 25.8. The highest BCUT2D eigenvalue weighted by molar-refractivity contribution is 7.99. The summed E-state index contributed by atoms with van der Waals surface area (Å²) in [7, 11) is 2.87. The summed E-state index contributed by atoms with van der Waals surface area (Å²) in [6, 6.07) is 24.6. The molecule has 0 aliphatic heterocycles. The van der Waals surface area contributed by atoms with Crippen LogP contribution in [0.5, 0.6) is 5.75 Å². The number of methoxy groups -OCH3 is 2. The molecule has 0 fully saturated rings. The Morgan fingerprint density at radius 1 is 0.973 bits per heavy atom. The molecule has 0 saturated heterocycles. The first-order chi connectivity index (χ1) is 18.1. The van der Waals surface area contributed by atoms with Crippen LogP contribution in [0.1, 0.15) is 5.82 Å². The number of H-pyrrole nitrogens is 1. The van der Waals surface area contributed by atoms with Crippen LogP contribution in [0, 0.1) is 0 Å². The molecule has 0 unspecified atom stereocenters. The molecule has 0 bridgehead atoms. The monoisotopic (exact) mass is 513 g/mol. The van der Waals surface area contributed by atoms with Crippen molar-refractivity contribution in [2.45, 2.75) is 5.16 Å². The molecular weight excluding hydrogens is 490 g/mol. The number of aromatic amines is 1. The first kappa shape index (κ1) is 24.1. The molecule has 0 saturated carbocycles. The van der Waals surface area contributed by atoms with Gasteiger partial charge in [-0.3, -0.25) is 4.57 Å². The summed E-state index contributed by atoms with van der Waals surface area (Å²) in [5, 5.41) is 20.4. The van der Waals surface area contributed by atoms with Gasteiger partial charge in [-0.05, 0) is 36.4 Å². The Bertz CT molecular complexity index is 1560. The van der Waals surface area contributed by atoms with Gasteiger partial charge in [0.2, 0.25) is 0 Å². The Kier molecular flexibility index (Phi) is 6.91. The number of hydrogen-bond acceptors (Lipinski definition) is 8. The maximum atomic E-state index is 12.6. The van der Waals surface area contributed by atoms with Crippen molar-refractivity contribution in [1.82, 2.24) is 24.7 Å². The van der Waals surface area contributed by atoms with Gasteiger partial charge in [0.05, 0.1) is 36.6 Å². The molecule has 9 nitrogen and oxygen atoms in total. The minimum absolute atomic E-state index is 0.0262. The molecule has 2 N–H and O–H groups in total. The van der Waals surface area contributed by atoms with Crippen molar-refractivity contribution in [3.63, 3.8) is 0 Å². The van der Waals surface area contributed by atoms with E-state index in [4.69, 9.17) is 9.47 Å². The summed E-state index contributed by atoms with van der Waals surface area (Å²) in [5.74, 6) is 0.599. The average molecular weight is 514 g/mol. The zero-order valence-electron chi connectivity index (χ0n) is 20.1. The summed E-state index contributed by atoms with van der Waals surface area (Å²) >= 11 is 1.23. The van der Waals surface area contributed by atoms with E-state index in [1.54, 1.807) is 7.11 Å². The summed E-state index contributed by atoms with van der Waals surface area (Å²) in [6.45, 7) is 0. The molecule has 0 radical (unpaired) electrons. The Labute approximate surface area is 216 Å². The third-order valence-electron chi connectivity index (χ3n) is 5.64. The van der Waals surface area contributed by atoms with Gasteiger partial charge in [0.25, 0.3) is 0 Å². The number of carbonyl (C=O) groups excluding carboxylic acids is 1. The first-order valence-corrected chi connectivity index (χ1v) is 12.3. The van der Waals surface area contributed by atoms with Crippen molar-refractivity contribution in [1.29, 1.82) is 0 Å². The second-order valence-corrected chi connectivity index (χ2v) is 8.82. The number of nitrogens with one attached hydrogen (secondary N) is 1. The van der Waals surface area contributed by atoms with Crippen LogP contribution < -0.4 is 4.74 Å². The second-order valence-electron chi connectivity index (χ2n) is 7.88. The Morgan fingerprint density at radius 2 is 1.70 bits per heavy atom. The molecule has 5 rings (SSSR count). The predicted molar refractivity (Wildman–Crippen MR) is 142 cm³/mol. The van der Waals surface area contributed by atoms with E-state index in [1.165, 1.54) is 18.9 Å². The molecule has 0 amide bonds. The highest BCUT2D eigenvalue weighted by atomic mass is 32.2. The average Bonchev–Trinajstić information content (AvgIpc) is 3.56. The molecule has 10 heteroatoms. The maximum Gasteiger partial charge on any atom is 0.345 e. The van der Waals surface area contributed by atoms with Crippen molar-refractivity contribution >= 4 is 34.3 Å². The number of aromatic nitrogens is 5. The van der Waals surface area contributed by atoms with E-state index in [2.05, 4.69) is 20.2 Å². The zero-order valence-corrected chi connectivity index (χ0v) is 20.9. The molecule has 0 spiro atoms. The van der Waals surface area contributed by atoms with Gasteiger partial charge < -0.3 is 19.6 Å². The SMILES string of the molecule is COC(=O)/C(=C(/O)CSc1nnc(-c2ccccc2OC)n1-c1ccccc1)c1nc2ccccc2[nH]1. The van der Waals surface area contributed by atoms with E-state index in [0.717, 1.165) is 16.8 Å². The maximum absolute atomic E-state index is 12.6. The van der Waals surface area contributed by atoms with Crippen LogP contribution >= 0.6 is 11.8 Å². The minimum atomic E-state index is -0.698. The van der Waals surface area contributed by atoms with Gasteiger partial charge in [0.1, 0.15) is 22.9 Å². The normalized spacial score (nSPS) is 11.8. The van der Waals surface area contributed by atoms with Crippen LogP contribution in [0.2, 0.25) is 0 Å².